The molecule has 2 atom stereocenters. The van der Waals surface area contributed by atoms with Gasteiger partial charge in [0, 0.05) is 41.8 Å². The molecule has 2 fully saturated rings. The van der Waals surface area contributed by atoms with Crippen molar-refractivity contribution in [2.75, 3.05) is 23.9 Å². The fourth-order valence-corrected chi connectivity index (χ4v) is 4.97. The van der Waals surface area contributed by atoms with Gasteiger partial charge in [-0.25, -0.2) is 0 Å². The molecule has 0 amide bonds. The maximum Gasteiger partial charge on any atom is 0.0991 e. The highest BCUT2D eigenvalue weighted by Crippen LogP contribution is 2.42. The molecule has 1 saturated heterocycles. The Labute approximate surface area is 195 Å². The molecule has 2 aromatic carbocycles. The number of nitrogens with one attached hydrogen (secondary N) is 1. The number of methoxy groups -OCH3 is 1. The van der Waals surface area contributed by atoms with Gasteiger partial charge in [0.15, 0.2) is 0 Å². The summed E-state index contributed by atoms with van der Waals surface area (Å²) < 4.78 is 5.97. The summed E-state index contributed by atoms with van der Waals surface area (Å²) in [6.07, 6.45) is 5.31. The first-order chi connectivity index (χ1) is 15.2. The van der Waals surface area contributed by atoms with Gasteiger partial charge in [-0.3, -0.25) is 4.98 Å². The van der Waals surface area contributed by atoms with Crippen LogP contribution >= 0.6 is 12.4 Å². The number of anilines is 3. The van der Waals surface area contributed by atoms with E-state index < -0.39 is 0 Å². The van der Waals surface area contributed by atoms with Crippen molar-refractivity contribution in [2.45, 2.75) is 44.8 Å². The third-order valence-corrected chi connectivity index (χ3v) is 6.57. The van der Waals surface area contributed by atoms with Crippen molar-refractivity contribution in [1.29, 1.82) is 5.26 Å². The number of ether oxygens (including phenoxy) is 1. The van der Waals surface area contributed by atoms with Gasteiger partial charge < -0.3 is 15.0 Å². The lowest BCUT2D eigenvalue weighted by atomic mass is 10.0. The lowest BCUT2D eigenvalue weighted by Gasteiger charge is -2.33. The lowest BCUT2D eigenvalue weighted by molar-refractivity contribution is 0.0637. The van der Waals surface area contributed by atoms with Gasteiger partial charge in [0.05, 0.1) is 29.3 Å². The first kappa shape index (κ1) is 22.4. The average molecular weight is 449 g/mol. The van der Waals surface area contributed by atoms with E-state index in [9.17, 15) is 0 Å². The van der Waals surface area contributed by atoms with Crippen molar-refractivity contribution in [2.24, 2.45) is 5.92 Å². The molecule has 1 aliphatic heterocycles. The topological polar surface area (TPSA) is 61.2 Å². The highest BCUT2D eigenvalue weighted by molar-refractivity contribution is 5.94. The molecule has 1 N–H and O–H groups in total. The molecule has 0 radical (unpaired) electrons. The van der Waals surface area contributed by atoms with Gasteiger partial charge in [-0.2, -0.15) is 5.26 Å². The van der Waals surface area contributed by atoms with E-state index in [2.05, 4.69) is 47.5 Å². The zero-order valence-corrected chi connectivity index (χ0v) is 19.4. The van der Waals surface area contributed by atoms with Crippen LogP contribution < -0.4 is 10.2 Å². The van der Waals surface area contributed by atoms with E-state index in [4.69, 9.17) is 15.0 Å². The van der Waals surface area contributed by atoms with Crippen LogP contribution in [0.5, 0.6) is 0 Å². The average Bonchev–Trinajstić information content (AvgIpc) is 3.50. The molecule has 1 unspecified atom stereocenters. The summed E-state index contributed by atoms with van der Waals surface area (Å²) in [6.45, 7) is 3.14. The van der Waals surface area contributed by atoms with Gasteiger partial charge in [0.1, 0.15) is 0 Å². The largest absolute Gasteiger partial charge is 0.379 e. The van der Waals surface area contributed by atoms with Crippen LogP contribution in [0.3, 0.4) is 0 Å². The molecule has 1 aromatic heterocycles. The lowest BCUT2D eigenvalue weighted by Crippen LogP contribution is -2.41. The van der Waals surface area contributed by atoms with Crippen LogP contribution in [0.2, 0.25) is 0 Å². The smallest absolute Gasteiger partial charge is 0.0991 e. The van der Waals surface area contributed by atoms with Gasteiger partial charge >= 0.3 is 0 Å². The van der Waals surface area contributed by atoms with E-state index in [-0.39, 0.29) is 12.4 Å². The van der Waals surface area contributed by atoms with Crippen LogP contribution in [-0.4, -0.2) is 30.8 Å². The number of nitrogens with zero attached hydrogens (tertiary/aromatic N) is 3. The second kappa shape index (κ2) is 9.36. The van der Waals surface area contributed by atoms with Crippen LogP contribution in [0.25, 0.3) is 10.9 Å². The Hall–Kier alpha value is -2.81. The molecular weight excluding hydrogens is 420 g/mol. The second-order valence-corrected chi connectivity index (χ2v) is 8.77. The normalized spacial score (nSPS) is 18.8. The Morgan fingerprint density at radius 2 is 1.84 bits per heavy atom. The number of rotatable bonds is 6. The van der Waals surface area contributed by atoms with Crippen LogP contribution in [0, 0.1) is 24.2 Å². The zero-order valence-electron chi connectivity index (χ0n) is 18.5. The van der Waals surface area contributed by atoms with E-state index in [1.807, 2.05) is 31.4 Å². The predicted octanol–water partition coefficient (Wildman–Crippen LogP) is 5.97. The molecule has 3 aromatic rings. The summed E-state index contributed by atoms with van der Waals surface area (Å²) in [5.74, 6) is 0.716. The van der Waals surface area contributed by atoms with Gasteiger partial charge in [-0.1, -0.05) is 0 Å². The van der Waals surface area contributed by atoms with E-state index in [0.29, 0.717) is 23.6 Å². The Morgan fingerprint density at radius 1 is 1.09 bits per heavy atom. The molecule has 0 spiro atoms. The number of fused-ring (bicyclic) bond motifs is 1. The maximum absolute atomic E-state index is 8.99. The summed E-state index contributed by atoms with van der Waals surface area (Å²) in [5.41, 5.74) is 5.92. The number of aryl methyl sites for hydroxylation is 1. The third kappa shape index (κ3) is 4.39. The molecular formula is C26H29ClN4O. The Balaban J connectivity index is 0.00000245. The zero-order chi connectivity index (χ0) is 21.4. The Kier molecular flexibility index (Phi) is 6.55. The van der Waals surface area contributed by atoms with Crippen molar-refractivity contribution < 1.29 is 4.74 Å². The number of aromatic nitrogens is 1. The van der Waals surface area contributed by atoms with Gasteiger partial charge in [-0.15, -0.1) is 12.4 Å². The number of hydrogen-bond acceptors (Lipinski definition) is 5. The van der Waals surface area contributed by atoms with Crippen molar-refractivity contribution in [3.8, 4) is 6.07 Å². The molecule has 1 saturated carbocycles. The summed E-state index contributed by atoms with van der Waals surface area (Å²) in [4.78, 5) is 7.40. The fourth-order valence-electron chi connectivity index (χ4n) is 4.97. The summed E-state index contributed by atoms with van der Waals surface area (Å²) in [7, 11) is 1.87. The molecule has 5 rings (SSSR count). The second-order valence-electron chi connectivity index (χ2n) is 8.77. The van der Waals surface area contributed by atoms with Gasteiger partial charge in [0.2, 0.25) is 0 Å². The van der Waals surface area contributed by atoms with Gasteiger partial charge in [0.25, 0.3) is 0 Å². The van der Waals surface area contributed by atoms with Crippen molar-refractivity contribution in [3.05, 3.63) is 59.8 Å². The first-order valence-corrected chi connectivity index (χ1v) is 11.1. The minimum Gasteiger partial charge on any atom is -0.379 e. The Morgan fingerprint density at radius 3 is 2.53 bits per heavy atom. The molecule has 6 heteroatoms. The SMILES string of the molecule is CO[C@@H](C1CC1)C1CCCN1c1cc(C)nc2cc(Nc3ccc(C#N)cc3)ccc12.Cl. The van der Waals surface area contributed by atoms with Crippen molar-refractivity contribution in [3.63, 3.8) is 0 Å². The number of pyridine rings is 1. The summed E-state index contributed by atoms with van der Waals surface area (Å²) in [6, 6.07) is 18.7. The number of nitriles is 1. The number of benzene rings is 2. The quantitative estimate of drug-likeness (QED) is 0.503. The third-order valence-electron chi connectivity index (χ3n) is 6.57. The molecule has 0 bridgehead atoms. The van der Waals surface area contributed by atoms with E-state index in [1.165, 1.54) is 36.8 Å². The standard InChI is InChI=1S/C26H28N4O.ClH/c1-17-14-25(30-13-3-4-24(30)26(31-2)19-7-8-19)22-12-11-21(15-23(22)28-17)29-20-9-5-18(16-27)6-10-20;/h5-6,9-12,14-15,19,24,26,29H,3-4,7-8,13H2,1-2H3;1H/t24?,26-;/m0./s1. The van der Waals surface area contributed by atoms with Crippen LogP contribution in [-0.2, 0) is 4.74 Å². The fraction of sp³-hybridized carbons (Fsp3) is 0.385. The van der Waals surface area contributed by atoms with Gasteiger partial charge in [-0.05, 0) is 87.1 Å². The van der Waals surface area contributed by atoms with Crippen molar-refractivity contribution in [1.82, 2.24) is 4.98 Å². The molecule has 2 heterocycles. The summed E-state index contributed by atoms with van der Waals surface area (Å²) >= 11 is 0. The highest BCUT2D eigenvalue weighted by Gasteiger charge is 2.41. The number of halogens is 1. The van der Waals surface area contributed by atoms with Crippen molar-refractivity contribution >= 4 is 40.4 Å². The minimum atomic E-state index is 0. The molecule has 5 nitrogen and oxygen atoms in total. The molecule has 2 aliphatic rings. The van der Waals surface area contributed by atoms with Crippen LogP contribution in [0.1, 0.15) is 36.9 Å². The highest BCUT2D eigenvalue weighted by atomic mass is 35.5. The molecule has 32 heavy (non-hydrogen) atoms. The van der Waals surface area contributed by atoms with E-state index in [1.54, 1.807) is 0 Å². The van der Waals surface area contributed by atoms with E-state index in [0.717, 1.165) is 29.1 Å². The molecule has 166 valence electrons. The maximum atomic E-state index is 8.99. The monoisotopic (exact) mass is 448 g/mol. The molecule has 1 aliphatic carbocycles. The number of hydrogen-bond donors (Lipinski definition) is 1. The first-order valence-electron chi connectivity index (χ1n) is 11.1. The summed E-state index contributed by atoms with van der Waals surface area (Å²) in [5, 5.41) is 13.6. The van der Waals surface area contributed by atoms with E-state index >= 15 is 0 Å². The Bertz CT molecular complexity index is 1140. The van der Waals surface area contributed by atoms with Crippen LogP contribution in [0.4, 0.5) is 17.1 Å². The van der Waals surface area contributed by atoms with Crippen LogP contribution in [0.15, 0.2) is 48.5 Å². The predicted molar refractivity (Wildman–Crippen MR) is 132 cm³/mol. The minimum absolute atomic E-state index is 0.